The monoisotopic (exact) mass is 745 g/mol. The van der Waals surface area contributed by atoms with Crippen molar-refractivity contribution in [2.45, 2.75) is 15.2 Å². The number of hydrogen-bond acceptors (Lipinski definition) is 5. The maximum Gasteiger partial charge on any atom is 0.164 e. The average Bonchev–Trinajstić information content (AvgIpc) is 3.62. The highest BCUT2D eigenvalue weighted by molar-refractivity contribution is 7.99. The Hall–Kier alpha value is -7.08. The lowest BCUT2D eigenvalue weighted by Crippen LogP contribution is -2.34. The van der Waals surface area contributed by atoms with Crippen molar-refractivity contribution in [1.29, 1.82) is 0 Å². The lowest BCUT2D eigenvalue weighted by Gasteiger charge is -2.42. The Morgan fingerprint density at radius 3 is 1.58 bits per heavy atom. The van der Waals surface area contributed by atoms with Crippen LogP contribution in [0, 0.1) is 0 Å². The van der Waals surface area contributed by atoms with Crippen molar-refractivity contribution >= 4 is 33.7 Å². The Labute approximate surface area is 333 Å². The maximum absolute atomic E-state index is 6.19. The quantitative estimate of drug-likeness (QED) is 0.180. The Balaban J connectivity index is 1.16. The number of hydrogen-bond donors (Lipinski definition) is 0. The first kappa shape index (κ1) is 32.2. The van der Waals surface area contributed by atoms with Crippen molar-refractivity contribution in [2.75, 3.05) is 0 Å². The number of para-hydroxylation sites is 1. The van der Waals surface area contributed by atoms with E-state index >= 15 is 0 Å². The van der Waals surface area contributed by atoms with E-state index in [4.69, 9.17) is 19.4 Å². The fraction of sp³-hybridized carbons (Fsp3) is 0.0192. The maximum atomic E-state index is 6.19. The molecule has 12 rings (SSSR count). The van der Waals surface area contributed by atoms with Gasteiger partial charge in [-0.1, -0.05) is 157 Å². The molecule has 0 unspecified atom stereocenters. The van der Waals surface area contributed by atoms with Crippen LogP contribution in [0.1, 0.15) is 22.3 Å². The van der Waals surface area contributed by atoms with Crippen molar-refractivity contribution in [2.24, 2.45) is 0 Å². The molecule has 1 aliphatic heterocycles. The van der Waals surface area contributed by atoms with Crippen LogP contribution in [0.3, 0.4) is 0 Å². The zero-order valence-corrected chi connectivity index (χ0v) is 31.4. The Morgan fingerprint density at radius 1 is 0.351 bits per heavy atom. The molecular weight excluding hydrogens is 715 g/mol. The molecule has 1 spiro atoms. The predicted octanol–water partition coefficient (Wildman–Crippen LogP) is 13.3. The molecule has 1 aliphatic carbocycles. The molecule has 0 fully saturated rings. The molecule has 8 aromatic carbocycles. The van der Waals surface area contributed by atoms with E-state index in [2.05, 4.69) is 140 Å². The van der Waals surface area contributed by atoms with E-state index in [9.17, 15) is 0 Å². The van der Waals surface area contributed by atoms with E-state index in [1.54, 1.807) is 0 Å². The molecule has 0 radical (unpaired) electrons. The van der Waals surface area contributed by atoms with E-state index in [1.807, 2.05) is 60.3 Å². The zero-order valence-electron chi connectivity index (χ0n) is 30.6. The third-order valence-electron chi connectivity index (χ3n) is 11.6. The van der Waals surface area contributed by atoms with E-state index in [1.165, 1.54) is 54.3 Å². The Kier molecular flexibility index (Phi) is 7.04. The summed E-state index contributed by atoms with van der Waals surface area (Å²) in [6.45, 7) is 0. The van der Waals surface area contributed by atoms with Gasteiger partial charge in [0.2, 0.25) is 0 Å². The average molecular weight is 746 g/mol. The molecule has 0 atom stereocenters. The summed E-state index contributed by atoms with van der Waals surface area (Å²) in [5, 5.41) is 2.10. The topological polar surface area (TPSA) is 51.8 Å². The largest absolute Gasteiger partial charge is 0.456 e. The van der Waals surface area contributed by atoms with Gasteiger partial charge in [0.25, 0.3) is 0 Å². The number of benzene rings is 8. The van der Waals surface area contributed by atoms with Crippen molar-refractivity contribution < 1.29 is 4.42 Å². The molecular formula is C52H31N3OS. The van der Waals surface area contributed by atoms with Gasteiger partial charge in [0, 0.05) is 37.3 Å². The summed E-state index contributed by atoms with van der Waals surface area (Å²) in [5.41, 5.74) is 13.7. The molecule has 0 amide bonds. The second-order valence-electron chi connectivity index (χ2n) is 14.7. The van der Waals surface area contributed by atoms with E-state index in [-0.39, 0.29) is 0 Å². The highest BCUT2D eigenvalue weighted by atomic mass is 32.2. The summed E-state index contributed by atoms with van der Waals surface area (Å²) in [7, 11) is 0. The minimum atomic E-state index is -0.634. The van der Waals surface area contributed by atoms with Gasteiger partial charge in [-0.2, -0.15) is 0 Å². The van der Waals surface area contributed by atoms with Gasteiger partial charge < -0.3 is 4.42 Å². The standard InChI is InChI=1S/C52H31N3OS/c1-2-14-32(15-3-1)49-53-50(33-27-29-46-40(30-33)39-19-7-11-23-45(39)56-46)55-51(54-49)34-26-28-38-36-17-5-4-16-35(36)37-18-6-8-20-41(37)52(44(38)31-34)42-21-9-12-24-47(42)57-48-25-13-10-22-43(48)52/h1-31H. The van der Waals surface area contributed by atoms with Crippen LogP contribution in [0.25, 0.3) is 78.4 Å². The third-order valence-corrected chi connectivity index (χ3v) is 12.8. The Bertz CT molecular complexity index is 3200. The van der Waals surface area contributed by atoms with Crippen LogP contribution in [0.4, 0.5) is 0 Å². The highest BCUT2D eigenvalue weighted by Gasteiger charge is 2.48. The van der Waals surface area contributed by atoms with E-state index in [0.717, 1.165) is 38.6 Å². The van der Waals surface area contributed by atoms with Gasteiger partial charge in [0.15, 0.2) is 17.5 Å². The highest BCUT2D eigenvalue weighted by Crippen LogP contribution is 2.61. The van der Waals surface area contributed by atoms with Gasteiger partial charge >= 0.3 is 0 Å². The Morgan fingerprint density at radius 2 is 0.860 bits per heavy atom. The second-order valence-corrected chi connectivity index (χ2v) is 15.8. The van der Waals surface area contributed by atoms with Crippen LogP contribution >= 0.6 is 11.8 Å². The summed E-state index contributed by atoms with van der Waals surface area (Å²) < 4.78 is 6.19. The molecule has 4 nitrogen and oxygen atoms in total. The van der Waals surface area contributed by atoms with Crippen molar-refractivity contribution in [3.05, 3.63) is 210 Å². The number of furan rings is 1. The van der Waals surface area contributed by atoms with Gasteiger partial charge in [-0.3, -0.25) is 0 Å². The fourth-order valence-corrected chi connectivity index (χ4v) is 10.4. The van der Waals surface area contributed by atoms with Crippen LogP contribution < -0.4 is 0 Å². The molecule has 266 valence electrons. The molecule has 0 saturated carbocycles. The number of fused-ring (bicyclic) bond motifs is 14. The first-order valence-electron chi connectivity index (χ1n) is 19.2. The van der Waals surface area contributed by atoms with Gasteiger partial charge in [-0.05, 0) is 87.0 Å². The minimum absolute atomic E-state index is 0.608. The summed E-state index contributed by atoms with van der Waals surface area (Å²) in [6.07, 6.45) is 0. The summed E-state index contributed by atoms with van der Waals surface area (Å²) >= 11 is 1.85. The van der Waals surface area contributed by atoms with Crippen LogP contribution in [0.5, 0.6) is 0 Å². The predicted molar refractivity (Wildman–Crippen MR) is 230 cm³/mol. The van der Waals surface area contributed by atoms with Crippen LogP contribution in [-0.4, -0.2) is 15.0 Å². The third kappa shape index (κ3) is 4.79. The lowest BCUT2D eigenvalue weighted by molar-refractivity contribution is 0.669. The molecule has 0 saturated heterocycles. The van der Waals surface area contributed by atoms with Crippen molar-refractivity contribution in [3.63, 3.8) is 0 Å². The van der Waals surface area contributed by atoms with Gasteiger partial charge in [0.1, 0.15) is 11.2 Å². The van der Waals surface area contributed by atoms with Crippen LogP contribution in [0.15, 0.2) is 202 Å². The zero-order chi connectivity index (χ0) is 37.5. The van der Waals surface area contributed by atoms with E-state index in [0.29, 0.717) is 17.5 Å². The van der Waals surface area contributed by atoms with Crippen LogP contribution in [0.2, 0.25) is 0 Å². The number of rotatable bonds is 3. The first-order chi connectivity index (χ1) is 28.2. The minimum Gasteiger partial charge on any atom is -0.456 e. The molecule has 57 heavy (non-hydrogen) atoms. The molecule has 2 aromatic heterocycles. The first-order valence-corrected chi connectivity index (χ1v) is 20.0. The van der Waals surface area contributed by atoms with Crippen LogP contribution in [-0.2, 0) is 5.41 Å². The molecule has 3 heterocycles. The summed E-state index contributed by atoms with van der Waals surface area (Å²) in [4.78, 5) is 18.2. The molecule has 2 aliphatic rings. The SMILES string of the molecule is c1ccc(-c2nc(-c3ccc4c(c3)C3(c5ccccc5Sc5ccccc53)c3ccccc3-c3ccccc3-4)nc(-c3ccc4oc5ccccc5c4c3)n2)cc1. The number of nitrogens with zero attached hydrogens (tertiary/aromatic N) is 3. The molecule has 10 aromatic rings. The normalized spacial score (nSPS) is 13.3. The molecule has 5 heteroatoms. The molecule has 0 N–H and O–H groups in total. The van der Waals surface area contributed by atoms with Gasteiger partial charge in [0.05, 0.1) is 5.41 Å². The van der Waals surface area contributed by atoms with Crippen molar-refractivity contribution in [3.8, 4) is 56.4 Å². The van der Waals surface area contributed by atoms with E-state index < -0.39 is 5.41 Å². The van der Waals surface area contributed by atoms with Crippen molar-refractivity contribution in [1.82, 2.24) is 15.0 Å². The smallest absolute Gasteiger partial charge is 0.164 e. The summed E-state index contributed by atoms with van der Waals surface area (Å²) in [5.74, 6) is 1.85. The fourth-order valence-electron chi connectivity index (χ4n) is 9.16. The lowest BCUT2D eigenvalue weighted by atomic mass is 9.63. The molecule has 0 bridgehead atoms. The summed E-state index contributed by atoms with van der Waals surface area (Å²) in [6, 6.07) is 67.1. The second kappa shape index (κ2) is 12.5. The van der Waals surface area contributed by atoms with Gasteiger partial charge in [-0.15, -0.1) is 0 Å². The van der Waals surface area contributed by atoms with Gasteiger partial charge in [-0.25, -0.2) is 15.0 Å². The number of aromatic nitrogens is 3.